The molecular weight excluding hydrogens is 358 g/mol. The quantitative estimate of drug-likeness (QED) is 0.826. The molecule has 0 radical (unpaired) electrons. The first kappa shape index (κ1) is 18.5. The number of benzene rings is 1. The minimum Gasteiger partial charge on any atom is -0.450 e. The van der Waals surface area contributed by atoms with Crippen LogP contribution in [0.4, 0.5) is 0 Å². The Kier molecular flexibility index (Phi) is 5.61. The summed E-state index contributed by atoms with van der Waals surface area (Å²) in [6.07, 6.45) is 4.27. The second kappa shape index (κ2) is 7.91. The number of esters is 1. The molecule has 0 saturated heterocycles. The normalized spacial score (nSPS) is 19.9. The van der Waals surface area contributed by atoms with Crippen molar-refractivity contribution in [2.75, 3.05) is 6.61 Å². The molecule has 0 spiro atoms. The van der Waals surface area contributed by atoms with Gasteiger partial charge in [0, 0.05) is 17.1 Å². The molecule has 1 N–H and O–H groups in total. The Morgan fingerprint density at radius 3 is 2.81 bits per heavy atom. The first-order chi connectivity index (χ1) is 12.4. The van der Waals surface area contributed by atoms with Gasteiger partial charge >= 0.3 is 5.97 Å². The van der Waals surface area contributed by atoms with Gasteiger partial charge in [-0.3, -0.25) is 9.59 Å². The monoisotopic (exact) mass is 377 g/mol. The maximum absolute atomic E-state index is 12.1. The van der Waals surface area contributed by atoms with Crippen molar-refractivity contribution >= 4 is 34.4 Å². The minimum atomic E-state index is -0.856. The Bertz CT molecular complexity index is 891. The number of hydrogen-bond acceptors (Lipinski definition) is 5. The third-order valence-electron chi connectivity index (χ3n) is 4.68. The summed E-state index contributed by atoms with van der Waals surface area (Å²) >= 11 is 5.85. The fourth-order valence-electron chi connectivity index (χ4n) is 3.21. The first-order valence-corrected chi connectivity index (χ1v) is 9.02. The fourth-order valence-corrected chi connectivity index (χ4v) is 3.38. The van der Waals surface area contributed by atoms with Gasteiger partial charge in [-0.05, 0) is 37.0 Å². The Morgan fingerprint density at radius 2 is 2.04 bits per heavy atom. The average Bonchev–Trinajstić information content (AvgIpc) is 2.62. The van der Waals surface area contributed by atoms with E-state index in [1.165, 1.54) is 18.6 Å². The summed E-state index contributed by atoms with van der Waals surface area (Å²) in [4.78, 5) is 36.2. The molecule has 0 aliphatic heterocycles. The van der Waals surface area contributed by atoms with Crippen molar-refractivity contribution in [3.8, 4) is 0 Å². The summed E-state index contributed by atoms with van der Waals surface area (Å²) in [6, 6.07) is 5.69. The van der Waals surface area contributed by atoms with Crippen LogP contribution >= 0.6 is 11.6 Å². The molecule has 1 fully saturated rings. The number of amides is 1. The number of carbonyl (C=O) groups is 2. The molecule has 26 heavy (non-hydrogen) atoms. The van der Waals surface area contributed by atoms with Crippen molar-refractivity contribution in [2.45, 2.75) is 38.6 Å². The van der Waals surface area contributed by atoms with E-state index in [0.717, 1.165) is 25.3 Å². The molecule has 1 heterocycles. The molecule has 1 aromatic carbocycles. The van der Waals surface area contributed by atoms with E-state index in [0.29, 0.717) is 10.9 Å². The van der Waals surface area contributed by atoms with Crippen molar-refractivity contribution in [1.82, 2.24) is 5.32 Å². The van der Waals surface area contributed by atoms with Gasteiger partial charge in [0.15, 0.2) is 12.0 Å². The van der Waals surface area contributed by atoms with E-state index in [2.05, 4.69) is 12.2 Å². The second-order valence-corrected chi connectivity index (χ2v) is 7.06. The molecule has 1 aromatic heterocycles. The SMILES string of the molecule is C[C@H]1CCCC[C@H]1NC(=O)COC(=O)c1cc(=O)c2cc(Cl)ccc2o1. The summed E-state index contributed by atoms with van der Waals surface area (Å²) in [5.41, 5.74) is -0.171. The molecule has 2 atom stereocenters. The highest BCUT2D eigenvalue weighted by Crippen LogP contribution is 2.23. The maximum Gasteiger partial charge on any atom is 0.374 e. The van der Waals surface area contributed by atoms with Gasteiger partial charge in [0.25, 0.3) is 5.91 Å². The average molecular weight is 378 g/mol. The Morgan fingerprint density at radius 1 is 1.27 bits per heavy atom. The summed E-state index contributed by atoms with van der Waals surface area (Å²) in [6.45, 7) is 1.69. The van der Waals surface area contributed by atoms with Gasteiger partial charge in [0.2, 0.25) is 5.76 Å². The molecule has 7 heteroatoms. The molecule has 1 aliphatic carbocycles. The lowest BCUT2D eigenvalue weighted by Gasteiger charge is -2.29. The number of nitrogens with one attached hydrogen (secondary N) is 1. The maximum atomic E-state index is 12.1. The summed E-state index contributed by atoms with van der Waals surface area (Å²) in [5, 5.41) is 3.57. The van der Waals surface area contributed by atoms with E-state index in [9.17, 15) is 14.4 Å². The van der Waals surface area contributed by atoms with Crippen LogP contribution in [0, 0.1) is 5.92 Å². The molecule has 138 valence electrons. The van der Waals surface area contributed by atoms with Gasteiger partial charge < -0.3 is 14.5 Å². The van der Waals surface area contributed by atoms with Crippen LogP contribution in [0.25, 0.3) is 11.0 Å². The lowest BCUT2D eigenvalue weighted by molar-refractivity contribution is -0.125. The Hall–Kier alpha value is -2.34. The zero-order valence-corrected chi connectivity index (χ0v) is 15.2. The van der Waals surface area contributed by atoms with E-state index in [1.54, 1.807) is 6.07 Å². The minimum absolute atomic E-state index is 0.110. The fraction of sp³-hybridized carbons (Fsp3) is 0.421. The number of hydrogen-bond donors (Lipinski definition) is 1. The number of halogens is 1. The first-order valence-electron chi connectivity index (χ1n) is 8.64. The second-order valence-electron chi connectivity index (χ2n) is 6.63. The molecule has 0 unspecified atom stereocenters. The lowest BCUT2D eigenvalue weighted by Crippen LogP contribution is -2.42. The molecule has 2 aromatic rings. The highest BCUT2D eigenvalue weighted by molar-refractivity contribution is 6.31. The van der Waals surface area contributed by atoms with Crippen molar-refractivity contribution in [3.63, 3.8) is 0 Å². The standard InChI is InChI=1S/C19H20ClNO5/c1-11-4-2-3-5-14(11)21-18(23)10-25-19(24)17-9-15(22)13-8-12(20)6-7-16(13)26-17/h6-9,11,14H,2-5,10H2,1H3,(H,21,23)/t11-,14+/m0/s1. The molecule has 1 aliphatic rings. The van der Waals surface area contributed by atoms with Crippen LogP contribution in [-0.2, 0) is 9.53 Å². The number of carbonyl (C=O) groups excluding carboxylic acids is 2. The van der Waals surface area contributed by atoms with E-state index >= 15 is 0 Å². The largest absolute Gasteiger partial charge is 0.450 e. The topological polar surface area (TPSA) is 85.6 Å². The van der Waals surface area contributed by atoms with E-state index in [-0.39, 0.29) is 28.7 Å². The van der Waals surface area contributed by atoms with Crippen LogP contribution in [0.1, 0.15) is 43.2 Å². The number of rotatable bonds is 4. The third-order valence-corrected chi connectivity index (χ3v) is 4.92. The van der Waals surface area contributed by atoms with Crippen LogP contribution < -0.4 is 10.7 Å². The van der Waals surface area contributed by atoms with Gasteiger partial charge in [-0.2, -0.15) is 0 Å². The predicted octanol–water partition coefficient (Wildman–Crippen LogP) is 3.30. The van der Waals surface area contributed by atoms with Crippen LogP contribution in [0.2, 0.25) is 5.02 Å². The molecule has 1 saturated carbocycles. The summed E-state index contributed by atoms with van der Waals surface area (Å²) in [5.74, 6) is -1.05. The van der Waals surface area contributed by atoms with Crippen LogP contribution in [0.5, 0.6) is 0 Å². The zero-order chi connectivity index (χ0) is 18.7. The molecule has 1 amide bonds. The lowest BCUT2D eigenvalue weighted by atomic mass is 9.86. The van der Waals surface area contributed by atoms with E-state index in [4.69, 9.17) is 20.8 Å². The highest BCUT2D eigenvalue weighted by Gasteiger charge is 2.23. The Balaban J connectivity index is 1.63. The molecule has 3 rings (SSSR count). The van der Waals surface area contributed by atoms with Crippen molar-refractivity contribution in [2.24, 2.45) is 5.92 Å². The number of fused-ring (bicyclic) bond motifs is 1. The predicted molar refractivity (Wildman–Crippen MR) is 97.3 cm³/mol. The molecular formula is C19H20ClNO5. The van der Waals surface area contributed by atoms with Gasteiger partial charge in [0.1, 0.15) is 5.58 Å². The van der Waals surface area contributed by atoms with Gasteiger partial charge in [-0.1, -0.05) is 31.4 Å². The molecule has 0 bridgehead atoms. The smallest absolute Gasteiger partial charge is 0.374 e. The third kappa shape index (κ3) is 4.25. The van der Waals surface area contributed by atoms with Crippen LogP contribution in [0.3, 0.4) is 0 Å². The number of ether oxygens (including phenoxy) is 1. The summed E-state index contributed by atoms with van der Waals surface area (Å²) < 4.78 is 10.4. The van der Waals surface area contributed by atoms with Gasteiger partial charge in [-0.15, -0.1) is 0 Å². The van der Waals surface area contributed by atoms with Crippen LogP contribution in [0.15, 0.2) is 33.5 Å². The summed E-state index contributed by atoms with van der Waals surface area (Å²) in [7, 11) is 0. The molecule has 6 nitrogen and oxygen atoms in total. The zero-order valence-electron chi connectivity index (χ0n) is 14.4. The van der Waals surface area contributed by atoms with Gasteiger partial charge in [0.05, 0.1) is 5.39 Å². The van der Waals surface area contributed by atoms with Crippen molar-refractivity contribution in [3.05, 3.63) is 45.3 Å². The van der Waals surface area contributed by atoms with Crippen molar-refractivity contribution in [1.29, 1.82) is 0 Å². The highest BCUT2D eigenvalue weighted by atomic mass is 35.5. The Labute approximate surface area is 155 Å². The van der Waals surface area contributed by atoms with Gasteiger partial charge in [-0.25, -0.2) is 4.79 Å². The van der Waals surface area contributed by atoms with E-state index in [1.807, 2.05) is 0 Å². The van der Waals surface area contributed by atoms with E-state index < -0.39 is 18.0 Å². The van der Waals surface area contributed by atoms with Crippen LogP contribution in [-0.4, -0.2) is 24.5 Å². The van der Waals surface area contributed by atoms with Crippen molar-refractivity contribution < 1.29 is 18.7 Å².